The van der Waals surface area contributed by atoms with Crippen molar-refractivity contribution in [3.63, 3.8) is 0 Å². The van der Waals surface area contributed by atoms with Gasteiger partial charge < -0.3 is 5.32 Å². The van der Waals surface area contributed by atoms with Gasteiger partial charge in [0.05, 0.1) is 0 Å². The molecule has 0 amide bonds. The van der Waals surface area contributed by atoms with E-state index in [1.807, 2.05) is 24.3 Å². The molecule has 0 spiro atoms. The number of hydrogen-bond donors (Lipinski definition) is 1. The van der Waals surface area contributed by atoms with Crippen LogP contribution in [0.15, 0.2) is 85.2 Å². The van der Waals surface area contributed by atoms with E-state index < -0.39 is 0 Å². The number of pyridine rings is 2. The fraction of sp³-hybridized carbons (Fsp3) is 0. The summed E-state index contributed by atoms with van der Waals surface area (Å²) in [5.41, 5.74) is 3.41. The molecule has 1 N–H and O–H groups in total. The molecule has 0 aliphatic rings. The van der Waals surface area contributed by atoms with Crippen LogP contribution in [0.3, 0.4) is 0 Å². The molecule has 0 saturated heterocycles. The Hall–Kier alpha value is -2.87. The highest BCUT2D eigenvalue weighted by Gasteiger charge is 2.05. The lowest BCUT2D eigenvalue weighted by atomic mass is 10.1. The maximum absolute atomic E-state index is 3.44. The van der Waals surface area contributed by atoms with Crippen molar-refractivity contribution in [2.24, 2.45) is 0 Å². The minimum absolute atomic E-state index is 1.10. The molecule has 2 heteroatoms. The minimum atomic E-state index is 1.10. The van der Waals surface area contributed by atoms with Crippen LogP contribution in [-0.4, -0.2) is 0 Å². The summed E-state index contributed by atoms with van der Waals surface area (Å²) in [6.45, 7) is 0. The first-order valence-electron chi connectivity index (χ1n) is 7.04. The molecule has 4 aromatic rings. The molecule has 21 heavy (non-hydrogen) atoms. The zero-order valence-corrected chi connectivity index (χ0v) is 11.5. The lowest BCUT2D eigenvalue weighted by molar-refractivity contribution is -0.510. The summed E-state index contributed by atoms with van der Waals surface area (Å²) in [7, 11) is 0. The molecule has 0 bridgehead atoms. The number of fused-ring (bicyclic) bond motifs is 2. The van der Waals surface area contributed by atoms with Crippen LogP contribution in [0.25, 0.3) is 16.3 Å². The first-order chi connectivity index (χ1) is 10.4. The Morgan fingerprint density at radius 3 is 2.43 bits per heavy atom. The van der Waals surface area contributed by atoms with Gasteiger partial charge in [0, 0.05) is 35.0 Å². The summed E-state index contributed by atoms with van der Waals surface area (Å²) in [5.74, 6) is 0. The van der Waals surface area contributed by atoms with Gasteiger partial charge in [-0.15, -0.1) is 0 Å². The Balaban J connectivity index is 1.80. The molecule has 0 fully saturated rings. The number of rotatable bonds is 2. The molecule has 2 aromatic carbocycles. The third-order valence-corrected chi connectivity index (χ3v) is 3.65. The zero-order valence-electron chi connectivity index (χ0n) is 11.5. The third kappa shape index (κ3) is 2.32. The molecule has 0 radical (unpaired) electrons. The van der Waals surface area contributed by atoms with Crippen molar-refractivity contribution in [1.82, 2.24) is 0 Å². The molecule has 0 aliphatic heterocycles. The Labute approximate surface area is 123 Å². The summed E-state index contributed by atoms with van der Waals surface area (Å²) >= 11 is 0. The van der Waals surface area contributed by atoms with Crippen LogP contribution in [-0.2, 0) is 0 Å². The van der Waals surface area contributed by atoms with Crippen molar-refractivity contribution < 1.29 is 4.40 Å². The summed E-state index contributed by atoms with van der Waals surface area (Å²) < 4.78 is 2.15. The molecule has 2 nitrogen and oxygen atoms in total. The third-order valence-electron chi connectivity index (χ3n) is 3.65. The largest absolute Gasteiger partial charge is 0.356 e. The molecule has 0 atom stereocenters. The van der Waals surface area contributed by atoms with Crippen LogP contribution in [0.5, 0.6) is 0 Å². The van der Waals surface area contributed by atoms with Gasteiger partial charge in [-0.1, -0.05) is 18.2 Å². The predicted octanol–water partition coefficient (Wildman–Crippen LogP) is 4.32. The highest BCUT2D eigenvalue weighted by molar-refractivity contribution is 5.87. The lowest BCUT2D eigenvalue weighted by Crippen LogP contribution is -2.19. The number of para-hydroxylation sites is 1. The van der Waals surface area contributed by atoms with E-state index in [1.54, 1.807) is 0 Å². The van der Waals surface area contributed by atoms with Crippen molar-refractivity contribution in [1.29, 1.82) is 0 Å². The van der Waals surface area contributed by atoms with Crippen LogP contribution in [0, 0.1) is 0 Å². The number of nitrogens with one attached hydrogen (secondary N) is 1. The predicted molar refractivity (Wildman–Crippen MR) is 86.8 cm³/mol. The maximum Gasteiger partial charge on any atom is 0.211 e. The standard InChI is InChI=1S/C19H14N2/c1-2-6-17(7-3-1)20-18-10-9-15-14-21-11-5-4-8-19(21)13-16(15)12-18/h1-14H/p+1. The van der Waals surface area contributed by atoms with E-state index >= 15 is 0 Å². The normalized spacial score (nSPS) is 10.9. The topological polar surface area (TPSA) is 16.1 Å². The Bertz CT molecular complexity index is 914. The van der Waals surface area contributed by atoms with Gasteiger partial charge >= 0.3 is 0 Å². The molecular weight excluding hydrogens is 256 g/mol. The van der Waals surface area contributed by atoms with Crippen molar-refractivity contribution in [3.05, 3.63) is 85.2 Å². The van der Waals surface area contributed by atoms with Crippen molar-refractivity contribution in [3.8, 4) is 0 Å². The fourth-order valence-electron chi connectivity index (χ4n) is 2.60. The number of benzene rings is 2. The summed E-state index contributed by atoms with van der Waals surface area (Å²) in [6, 6.07) is 25.1. The van der Waals surface area contributed by atoms with Gasteiger partial charge in [-0.2, -0.15) is 4.40 Å². The molecule has 2 heterocycles. The van der Waals surface area contributed by atoms with Gasteiger partial charge in [0.15, 0.2) is 12.4 Å². The van der Waals surface area contributed by atoms with Gasteiger partial charge in [0.1, 0.15) is 0 Å². The highest BCUT2D eigenvalue weighted by atomic mass is 14.9. The Morgan fingerprint density at radius 2 is 1.52 bits per heavy atom. The highest BCUT2D eigenvalue weighted by Crippen LogP contribution is 2.22. The number of anilines is 2. The SMILES string of the molecule is c1ccc(Nc2ccc3c[n+]4ccccc4cc3c2)cc1. The molecule has 2 aromatic heterocycles. The summed E-state index contributed by atoms with van der Waals surface area (Å²) in [5, 5.41) is 5.91. The first kappa shape index (κ1) is 11.9. The molecule has 100 valence electrons. The summed E-state index contributed by atoms with van der Waals surface area (Å²) in [4.78, 5) is 0. The van der Waals surface area contributed by atoms with E-state index in [2.05, 4.69) is 70.6 Å². The minimum Gasteiger partial charge on any atom is -0.356 e. The Kier molecular flexibility index (Phi) is 2.79. The second-order valence-corrected chi connectivity index (χ2v) is 5.14. The quantitative estimate of drug-likeness (QED) is 0.424. The van der Waals surface area contributed by atoms with E-state index in [9.17, 15) is 0 Å². The number of hydrogen-bond acceptors (Lipinski definition) is 1. The fourth-order valence-corrected chi connectivity index (χ4v) is 2.60. The molecule has 0 aliphatic carbocycles. The Morgan fingerprint density at radius 1 is 0.667 bits per heavy atom. The van der Waals surface area contributed by atoms with E-state index in [0.29, 0.717) is 0 Å². The average molecular weight is 271 g/mol. The van der Waals surface area contributed by atoms with E-state index in [0.717, 1.165) is 11.4 Å². The van der Waals surface area contributed by atoms with Crippen LogP contribution in [0.4, 0.5) is 11.4 Å². The second kappa shape index (κ2) is 4.91. The van der Waals surface area contributed by atoms with Crippen LogP contribution < -0.4 is 9.72 Å². The molecule has 4 rings (SSSR count). The van der Waals surface area contributed by atoms with E-state index in [-0.39, 0.29) is 0 Å². The first-order valence-corrected chi connectivity index (χ1v) is 7.04. The maximum atomic E-state index is 3.44. The van der Waals surface area contributed by atoms with Gasteiger partial charge in [-0.05, 0) is 41.8 Å². The lowest BCUT2D eigenvalue weighted by Gasteiger charge is -2.07. The number of aromatic nitrogens is 1. The zero-order chi connectivity index (χ0) is 14.1. The van der Waals surface area contributed by atoms with Gasteiger partial charge in [-0.25, -0.2) is 0 Å². The summed E-state index contributed by atoms with van der Waals surface area (Å²) in [6.07, 6.45) is 4.24. The molecule has 0 unspecified atom stereocenters. The van der Waals surface area contributed by atoms with Crippen LogP contribution in [0.1, 0.15) is 0 Å². The number of nitrogens with zero attached hydrogens (tertiary/aromatic N) is 1. The molecular formula is C19H15N2+. The van der Waals surface area contributed by atoms with Gasteiger partial charge in [0.2, 0.25) is 5.52 Å². The monoisotopic (exact) mass is 271 g/mol. The molecule has 0 saturated carbocycles. The van der Waals surface area contributed by atoms with Gasteiger partial charge in [0.25, 0.3) is 0 Å². The second-order valence-electron chi connectivity index (χ2n) is 5.14. The van der Waals surface area contributed by atoms with Crippen molar-refractivity contribution in [2.75, 3.05) is 5.32 Å². The smallest absolute Gasteiger partial charge is 0.211 e. The average Bonchev–Trinajstić information content (AvgIpc) is 2.54. The van der Waals surface area contributed by atoms with E-state index in [1.165, 1.54) is 16.3 Å². The van der Waals surface area contributed by atoms with Crippen molar-refractivity contribution in [2.45, 2.75) is 0 Å². The van der Waals surface area contributed by atoms with Crippen LogP contribution in [0.2, 0.25) is 0 Å². The van der Waals surface area contributed by atoms with Crippen molar-refractivity contribution >= 4 is 27.7 Å². The van der Waals surface area contributed by atoms with E-state index in [4.69, 9.17) is 0 Å². The van der Waals surface area contributed by atoms with Gasteiger partial charge in [-0.3, -0.25) is 0 Å². The van der Waals surface area contributed by atoms with Crippen LogP contribution >= 0.6 is 0 Å².